The highest BCUT2D eigenvalue weighted by molar-refractivity contribution is 5.36. The molecule has 0 bridgehead atoms. The maximum absolute atomic E-state index is 5.96. The number of ether oxygens (including phenoxy) is 2. The molecule has 1 heterocycles. The molecule has 2 N–H and O–H groups in total. The lowest BCUT2D eigenvalue weighted by Crippen LogP contribution is -2.49. The highest BCUT2D eigenvalue weighted by atomic mass is 16.5. The van der Waals surface area contributed by atoms with E-state index in [9.17, 15) is 0 Å². The second-order valence-electron chi connectivity index (χ2n) is 6.83. The van der Waals surface area contributed by atoms with Crippen LogP contribution in [0.2, 0.25) is 0 Å². The summed E-state index contributed by atoms with van der Waals surface area (Å²) in [5.41, 5.74) is 8.62. The normalized spacial score (nSPS) is 22.5. The quantitative estimate of drug-likeness (QED) is 0.839. The number of benzene rings is 1. The minimum absolute atomic E-state index is 0.354. The minimum atomic E-state index is 0.354. The van der Waals surface area contributed by atoms with Crippen LogP contribution in [0.4, 0.5) is 0 Å². The Labute approximate surface area is 140 Å². The van der Waals surface area contributed by atoms with E-state index in [4.69, 9.17) is 15.2 Å². The topological polar surface area (TPSA) is 47.7 Å². The number of hydrogen-bond donors (Lipinski definition) is 1. The van der Waals surface area contributed by atoms with E-state index < -0.39 is 0 Å². The fourth-order valence-electron chi connectivity index (χ4n) is 3.48. The zero-order chi connectivity index (χ0) is 16.8. The molecule has 23 heavy (non-hydrogen) atoms. The highest BCUT2D eigenvalue weighted by Crippen LogP contribution is 2.24. The molecule has 130 valence electrons. The molecule has 0 saturated carbocycles. The van der Waals surface area contributed by atoms with E-state index in [1.807, 2.05) is 0 Å². The van der Waals surface area contributed by atoms with E-state index in [1.54, 1.807) is 7.11 Å². The van der Waals surface area contributed by atoms with Gasteiger partial charge in [0.1, 0.15) is 12.4 Å². The van der Waals surface area contributed by atoms with Crippen LogP contribution in [-0.2, 0) is 4.74 Å². The average Bonchev–Trinajstić information content (AvgIpc) is 2.54. The van der Waals surface area contributed by atoms with Crippen molar-refractivity contribution in [1.82, 2.24) is 4.90 Å². The van der Waals surface area contributed by atoms with Gasteiger partial charge in [-0.05, 0) is 48.9 Å². The molecule has 1 fully saturated rings. The molecule has 2 unspecified atom stereocenters. The Balaban J connectivity index is 1.83. The van der Waals surface area contributed by atoms with Gasteiger partial charge < -0.3 is 15.2 Å². The van der Waals surface area contributed by atoms with Crippen LogP contribution in [-0.4, -0.2) is 50.4 Å². The van der Waals surface area contributed by atoms with Crippen LogP contribution in [0.15, 0.2) is 18.2 Å². The van der Waals surface area contributed by atoms with E-state index in [0.29, 0.717) is 31.2 Å². The van der Waals surface area contributed by atoms with Gasteiger partial charge in [-0.25, -0.2) is 0 Å². The molecule has 2 atom stereocenters. The summed E-state index contributed by atoms with van der Waals surface area (Å²) in [5.74, 6) is 1.51. The largest absolute Gasteiger partial charge is 0.492 e. The smallest absolute Gasteiger partial charge is 0.119 e. The van der Waals surface area contributed by atoms with Crippen LogP contribution >= 0.6 is 0 Å². The van der Waals surface area contributed by atoms with E-state index in [1.165, 1.54) is 11.1 Å². The molecule has 1 aliphatic rings. The second kappa shape index (κ2) is 8.67. The number of hydrogen-bond acceptors (Lipinski definition) is 4. The number of nitrogens with zero attached hydrogens (tertiary/aromatic N) is 1. The van der Waals surface area contributed by atoms with Crippen LogP contribution in [0.3, 0.4) is 0 Å². The first-order chi connectivity index (χ1) is 11.0. The van der Waals surface area contributed by atoms with E-state index in [0.717, 1.165) is 31.7 Å². The van der Waals surface area contributed by atoms with Crippen molar-refractivity contribution in [2.45, 2.75) is 51.7 Å². The zero-order valence-corrected chi connectivity index (χ0v) is 15.0. The molecule has 1 aliphatic heterocycles. The van der Waals surface area contributed by atoms with Crippen molar-refractivity contribution in [3.05, 3.63) is 29.3 Å². The monoisotopic (exact) mass is 320 g/mol. The molecule has 0 radical (unpaired) electrons. The Morgan fingerprint density at radius 2 is 2.13 bits per heavy atom. The van der Waals surface area contributed by atoms with Gasteiger partial charge in [0.05, 0.1) is 6.10 Å². The van der Waals surface area contributed by atoms with Gasteiger partial charge in [0.2, 0.25) is 0 Å². The van der Waals surface area contributed by atoms with Crippen LogP contribution in [0.1, 0.15) is 43.7 Å². The number of rotatable bonds is 7. The molecule has 1 aromatic carbocycles. The average molecular weight is 320 g/mol. The van der Waals surface area contributed by atoms with E-state index in [-0.39, 0.29) is 0 Å². The Morgan fingerprint density at radius 1 is 1.35 bits per heavy atom. The third-order valence-corrected chi connectivity index (χ3v) is 4.91. The molecule has 0 aliphatic carbocycles. The fourth-order valence-corrected chi connectivity index (χ4v) is 3.48. The lowest BCUT2D eigenvalue weighted by Gasteiger charge is -2.38. The molecule has 0 aromatic heterocycles. The first-order valence-electron chi connectivity index (χ1n) is 8.75. The lowest BCUT2D eigenvalue weighted by atomic mass is 9.98. The number of nitrogens with two attached hydrogens (primary N) is 1. The standard InChI is InChI=1S/C19H32N2O2/c1-14(2)19-6-5-18(11-15(19)3)23-10-9-21-8-7-17(22-4)12-16(21)13-20/h5-6,11,14,16-17H,7-10,12-13,20H2,1-4H3. The van der Waals surface area contributed by atoms with Crippen LogP contribution in [0.5, 0.6) is 5.75 Å². The number of methoxy groups -OCH3 is 1. The van der Waals surface area contributed by atoms with Gasteiger partial charge in [-0.2, -0.15) is 0 Å². The third kappa shape index (κ3) is 4.93. The van der Waals surface area contributed by atoms with Crippen molar-refractivity contribution in [2.75, 3.05) is 33.4 Å². The predicted molar refractivity (Wildman–Crippen MR) is 95.2 cm³/mol. The zero-order valence-electron chi connectivity index (χ0n) is 15.0. The lowest BCUT2D eigenvalue weighted by molar-refractivity contribution is 0.00923. The Morgan fingerprint density at radius 3 is 2.74 bits per heavy atom. The molecular weight excluding hydrogens is 288 g/mol. The molecule has 4 nitrogen and oxygen atoms in total. The SMILES string of the molecule is COC1CCN(CCOc2ccc(C(C)C)c(C)c2)C(CN)C1. The van der Waals surface area contributed by atoms with Gasteiger partial charge in [-0.1, -0.05) is 19.9 Å². The Bertz CT molecular complexity index is 490. The van der Waals surface area contributed by atoms with Crippen molar-refractivity contribution in [1.29, 1.82) is 0 Å². The van der Waals surface area contributed by atoms with Crippen LogP contribution in [0, 0.1) is 6.92 Å². The van der Waals surface area contributed by atoms with Crippen molar-refractivity contribution in [2.24, 2.45) is 5.73 Å². The van der Waals surface area contributed by atoms with Gasteiger partial charge in [-0.3, -0.25) is 4.90 Å². The summed E-state index contributed by atoms with van der Waals surface area (Å²) >= 11 is 0. The van der Waals surface area contributed by atoms with Gasteiger partial charge in [0.25, 0.3) is 0 Å². The van der Waals surface area contributed by atoms with Gasteiger partial charge in [-0.15, -0.1) is 0 Å². The summed E-state index contributed by atoms with van der Waals surface area (Å²) in [6.07, 6.45) is 2.46. The molecule has 0 amide bonds. The molecule has 2 rings (SSSR count). The van der Waals surface area contributed by atoms with Gasteiger partial charge >= 0.3 is 0 Å². The van der Waals surface area contributed by atoms with Crippen molar-refractivity contribution in [3.8, 4) is 5.75 Å². The number of piperidine rings is 1. The fraction of sp³-hybridized carbons (Fsp3) is 0.684. The van der Waals surface area contributed by atoms with Crippen LogP contribution < -0.4 is 10.5 Å². The maximum Gasteiger partial charge on any atom is 0.119 e. The minimum Gasteiger partial charge on any atom is -0.492 e. The van der Waals surface area contributed by atoms with Gasteiger partial charge in [0.15, 0.2) is 0 Å². The third-order valence-electron chi connectivity index (χ3n) is 4.91. The van der Waals surface area contributed by atoms with Crippen molar-refractivity contribution >= 4 is 0 Å². The molecule has 1 saturated heterocycles. The summed E-state index contributed by atoms with van der Waals surface area (Å²) in [6, 6.07) is 6.82. The molecule has 0 spiro atoms. The van der Waals surface area contributed by atoms with Crippen molar-refractivity contribution in [3.63, 3.8) is 0 Å². The number of likely N-dealkylation sites (tertiary alicyclic amines) is 1. The summed E-state index contributed by atoms with van der Waals surface area (Å²) in [5, 5.41) is 0. The maximum atomic E-state index is 5.96. The predicted octanol–water partition coefficient (Wildman–Crippen LogP) is 2.94. The highest BCUT2D eigenvalue weighted by Gasteiger charge is 2.27. The Kier molecular flexibility index (Phi) is 6.88. The van der Waals surface area contributed by atoms with E-state index >= 15 is 0 Å². The van der Waals surface area contributed by atoms with Crippen molar-refractivity contribution < 1.29 is 9.47 Å². The molecular formula is C19H32N2O2. The van der Waals surface area contributed by atoms with Gasteiger partial charge in [0, 0.05) is 32.8 Å². The summed E-state index contributed by atoms with van der Waals surface area (Å²) in [4.78, 5) is 2.44. The summed E-state index contributed by atoms with van der Waals surface area (Å²) in [6.45, 7) is 9.94. The second-order valence-corrected chi connectivity index (χ2v) is 6.83. The first kappa shape index (κ1) is 18.2. The molecule has 1 aromatic rings. The van der Waals surface area contributed by atoms with E-state index in [2.05, 4.69) is 43.9 Å². The van der Waals surface area contributed by atoms with Crippen LogP contribution in [0.25, 0.3) is 0 Å². The molecule has 4 heteroatoms. The Hall–Kier alpha value is -1.10. The first-order valence-corrected chi connectivity index (χ1v) is 8.75. The number of aryl methyl sites for hydroxylation is 1. The summed E-state index contributed by atoms with van der Waals surface area (Å²) < 4.78 is 11.4. The summed E-state index contributed by atoms with van der Waals surface area (Å²) in [7, 11) is 1.79.